The van der Waals surface area contributed by atoms with Crippen molar-refractivity contribution in [2.45, 2.75) is 0 Å². The molecule has 0 heterocycles. The molecule has 0 fully saturated rings. The van der Waals surface area contributed by atoms with Gasteiger partial charge in [0, 0.05) is 25.3 Å². The van der Waals surface area contributed by atoms with Gasteiger partial charge in [-0.2, -0.15) is 0 Å². The lowest BCUT2D eigenvalue weighted by molar-refractivity contribution is 0.104. The Morgan fingerprint density at radius 2 is 1.81 bits per heavy atom. The van der Waals surface area contributed by atoms with Crippen LogP contribution in [0.25, 0.3) is 6.08 Å². The smallest absolute Gasteiger partial charge is 0.185 e. The van der Waals surface area contributed by atoms with E-state index in [0.29, 0.717) is 5.56 Å². The molecule has 0 aliphatic rings. The van der Waals surface area contributed by atoms with Crippen LogP contribution in [-0.4, -0.2) is 25.0 Å². The fourth-order valence-corrected chi connectivity index (χ4v) is 2.01. The van der Waals surface area contributed by atoms with E-state index < -0.39 is 0 Å². The number of ketones is 1. The van der Waals surface area contributed by atoms with Crippen LogP contribution in [0.15, 0.2) is 48.5 Å². The number of hydrogen-bond acceptors (Lipinski definition) is 3. The fraction of sp³-hybridized carbons (Fsp3) is 0.118. The van der Waals surface area contributed by atoms with Crippen LogP contribution in [0.3, 0.4) is 0 Å². The van der Waals surface area contributed by atoms with Crippen LogP contribution in [-0.2, 0) is 0 Å². The molecule has 2 aromatic rings. The quantitative estimate of drug-likeness (QED) is 0.685. The summed E-state index contributed by atoms with van der Waals surface area (Å²) in [5.74, 6) is -0.0519. The molecule has 0 aliphatic heterocycles. The Balaban J connectivity index is 2.13. The molecule has 0 radical (unpaired) electrons. The summed E-state index contributed by atoms with van der Waals surface area (Å²) in [7, 11) is 3.90. The van der Waals surface area contributed by atoms with Gasteiger partial charge in [0.1, 0.15) is 5.75 Å². The monoisotopic (exact) mass is 301 g/mol. The second-order valence-corrected chi connectivity index (χ2v) is 5.26. The van der Waals surface area contributed by atoms with Gasteiger partial charge in [0.15, 0.2) is 5.78 Å². The predicted octanol–water partition coefficient (Wildman–Crippen LogP) is 4.01. The number of benzene rings is 2. The van der Waals surface area contributed by atoms with Crippen molar-refractivity contribution in [3.05, 3.63) is 64.7 Å². The molecule has 2 rings (SSSR count). The summed E-state index contributed by atoms with van der Waals surface area (Å²) in [5.41, 5.74) is 2.43. The summed E-state index contributed by atoms with van der Waals surface area (Å²) < 4.78 is 0. The fourth-order valence-electron chi connectivity index (χ4n) is 1.82. The van der Waals surface area contributed by atoms with E-state index in [2.05, 4.69) is 0 Å². The van der Waals surface area contributed by atoms with E-state index in [1.165, 1.54) is 12.1 Å². The first-order valence-corrected chi connectivity index (χ1v) is 6.83. The van der Waals surface area contributed by atoms with Gasteiger partial charge < -0.3 is 10.0 Å². The Kier molecular flexibility index (Phi) is 4.66. The maximum atomic E-state index is 12.1. The Hall–Kier alpha value is -2.26. The maximum absolute atomic E-state index is 12.1. The summed E-state index contributed by atoms with van der Waals surface area (Å²) in [4.78, 5) is 14.0. The van der Waals surface area contributed by atoms with Crippen molar-refractivity contribution < 1.29 is 9.90 Å². The van der Waals surface area contributed by atoms with E-state index in [0.717, 1.165) is 11.3 Å². The largest absolute Gasteiger partial charge is 0.506 e. The van der Waals surface area contributed by atoms with Crippen LogP contribution in [0.4, 0.5) is 5.69 Å². The van der Waals surface area contributed by atoms with E-state index in [-0.39, 0.29) is 16.6 Å². The molecule has 1 N–H and O–H groups in total. The van der Waals surface area contributed by atoms with Crippen LogP contribution >= 0.6 is 11.6 Å². The SMILES string of the molecule is CN(C)c1ccc(C(=O)C=Cc2ccc(O)c(Cl)c2)cc1. The highest BCUT2D eigenvalue weighted by atomic mass is 35.5. The summed E-state index contributed by atoms with van der Waals surface area (Å²) >= 11 is 5.82. The van der Waals surface area contributed by atoms with Crippen molar-refractivity contribution in [1.82, 2.24) is 0 Å². The molecule has 3 nitrogen and oxygen atoms in total. The molecular weight excluding hydrogens is 286 g/mol. The van der Waals surface area contributed by atoms with Gasteiger partial charge in [0.2, 0.25) is 0 Å². The Labute approximate surface area is 129 Å². The second kappa shape index (κ2) is 6.46. The third kappa shape index (κ3) is 3.86. The van der Waals surface area contributed by atoms with Crippen LogP contribution in [0.5, 0.6) is 5.75 Å². The number of hydrogen-bond donors (Lipinski definition) is 1. The van der Waals surface area contributed by atoms with Crippen LogP contribution in [0.2, 0.25) is 5.02 Å². The topological polar surface area (TPSA) is 40.5 Å². The first-order valence-electron chi connectivity index (χ1n) is 6.45. The third-order valence-electron chi connectivity index (χ3n) is 3.07. The van der Waals surface area contributed by atoms with E-state index in [9.17, 15) is 9.90 Å². The first-order chi connectivity index (χ1) is 9.97. The van der Waals surface area contributed by atoms with Crippen molar-refractivity contribution in [2.24, 2.45) is 0 Å². The number of nitrogens with zero attached hydrogens (tertiary/aromatic N) is 1. The summed E-state index contributed by atoms with van der Waals surface area (Å²) in [6.45, 7) is 0. The number of carbonyl (C=O) groups is 1. The van der Waals surface area contributed by atoms with Gasteiger partial charge in [0.05, 0.1) is 5.02 Å². The highest BCUT2D eigenvalue weighted by molar-refractivity contribution is 6.32. The molecule has 108 valence electrons. The van der Waals surface area contributed by atoms with Crippen LogP contribution in [0, 0.1) is 0 Å². The van der Waals surface area contributed by atoms with Gasteiger partial charge in [-0.15, -0.1) is 0 Å². The molecule has 0 bridgehead atoms. The van der Waals surface area contributed by atoms with Gasteiger partial charge in [-0.25, -0.2) is 0 Å². The summed E-state index contributed by atoms with van der Waals surface area (Å²) in [6.07, 6.45) is 3.17. The maximum Gasteiger partial charge on any atom is 0.185 e. The second-order valence-electron chi connectivity index (χ2n) is 4.85. The molecule has 0 saturated heterocycles. The number of carbonyl (C=O) groups excluding carboxylic acids is 1. The highest BCUT2D eigenvalue weighted by Crippen LogP contribution is 2.24. The Morgan fingerprint density at radius 3 is 2.38 bits per heavy atom. The molecule has 4 heteroatoms. The third-order valence-corrected chi connectivity index (χ3v) is 3.37. The van der Waals surface area contributed by atoms with E-state index >= 15 is 0 Å². The van der Waals surface area contributed by atoms with E-state index in [1.54, 1.807) is 30.3 Å². The minimum Gasteiger partial charge on any atom is -0.506 e. The molecular formula is C17H16ClNO2. The number of aromatic hydroxyl groups is 1. The zero-order valence-electron chi connectivity index (χ0n) is 11.9. The van der Waals surface area contributed by atoms with Gasteiger partial charge in [0.25, 0.3) is 0 Å². The number of allylic oxidation sites excluding steroid dienone is 1. The van der Waals surface area contributed by atoms with Crippen molar-refractivity contribution in [3.63, 3.8) is 0 Å². The minimum absolute atomic E-state index is 0.0272. The number of anilines is 1. The molecule has 0 aromatic heterocycles. The van der Waals surface area contributed by atoms with Crippen molar-refractivity contribution in [1.29, 1.82) is 0 Å². The lowest BCUT2D eigenvalue weighted by Gasteiger charge is -2.11. The van der Waals surface area contributed by atoms with Gasteiger partial charge in [-0.1, -0.05) is 23.7 Å². The minimum atomic E-state index is -0.0792. The molecule has 0 unspecified atom stereocenters. The normalized spacial score (nSPS) is 10.8. The Bertz CT molecular complexity index is 676. The highest BCUT2D eigenvalue weighted by Gasteiger charge is 2.03. The van der Waals surface area contributed by atoms with Crippen LogP contribution < -0.4 is 4.90 Å². The first kappa shape index (κ1) is 15.1. The predicted molar refractivity (Wildman–Crippen MR) is 87.3 cm³/mol. The molecule has 0 atom stereocenters. The Morgan fingerprint density at radius 1 is 1.14 bits per heavy atom. The number of rotatable bonds is 4. The van der Waals surface area contributed by atoms with Crippen molar-refractivity contribution in [2.75, 3.05) is 19.0 Å². The molecule has 2 aromatic carbocycles. The number of phenols is 1. The average Bonchev–Trinajstić information content (AvgIpc) is 2.48. The lowest BCUT2D eigenvalue weighted by atomic mass is 10.1. The summed E-state index contributed by atoms with van der Waals surface area (Å²) in [5, 5.41) is 9.61. The molecule has 0 saturated carbocycles. The molecule has 0 aliphatic carbocycles. The average molecular weight is 302 g/mol. The standard InChI is InChI=1S/C17H16ClNO2/c1-19(2)14-7-5-13(6-8-14)16(20)9-3-12-4-10-17(21)15(18)11-12/h3-11,21H,1-2H3. The molecule has 21 heavy (non-hydrogen) atoms. The number of phenolic OH excluding ortho intramolecular Hbond substituents is 1. The van der Waals surface area contributed by atoms with E-state index in [4.69, 9.17) is 11.6 Å². The van der Waals surface area contributed by atoms with Crippen molar-refractivity contribution >= 4 is 29.1 Å². The lowest BCUT2D eigenvalue weighted by Crippen LogP contribution is -2.08. The zero-order valence-corrected chi connectivity index (χ0v) is 12.6. The zero-order chi connectivity index (χ0) is 15.4. The number of halogens is 1. The van der Waals surface area contributed by atoms with Crippen molar-refractivity contribution in [3.8, 4) is 5.75 Å². The molecule has 0 amide bonds. The van der Waals surface area contributed by atoms with Gasteiger partial charge >= 0.3 is 0 Å². The van der Waals surface area contributed by atoms with Gasteiger partial charge in [-0.3, -0.25) is 4.79 Å². The van der Waals surface area contributed by atoms with E-state index in [1.807, 2.05) is 31.1 Å². The van der Waals surface area contributed by atoms with Crippen LogP contribution in [0.1, 0.15) is 15.9 Å². The van der Waals surface area contributed by atoms with Gasteiger partial charge in [-0.05, 0) is 48.0 Å². The summed E-state index contributed by atoms with van der Waals surface area (Å²) in [6, 6.07) is 12.2. The molecule has 0 spiro atoms.